The Labute approximate surface area is 112 Å². The number of hydrogen-bond donors (Lipinski definition) is 2. The van der Waals surface area contributed by atoms with E-state index < -0.39 is 5.82 Å². The van der Waals surface area contributed by atoms with Crippen molar-refractivity contribution in [2.45, 2.75) is 12.5 Å². The average Bonchev–Trinajstić information content (AvgIpc) is 2.83. The number of imidazole rings is 1. The summed E-state index contributed by atoms with van der Waals surface area (Å²) < 4.78 is 15.6. The summed E-state index contributed by atoms with van der Waals surface area (Å²) in [6.07, 6.45) is 0.371. The fourth-order valence-electron chi connectivity index (χ4n) is 2.26. The fraction of sp³-hybridized carbons (Fsp3) is 0.273. The van der Waals surface area contributed by atoms with Crippen LogP contribution in [0.25, 0.3) is 11.0 Å². The van der Waals surface area contributed by atoms with Gasteiger partial charge in [-0.25, -0.2) is 4.39 Å². The number of hydrogen-bond acceptors (Lipinski definition) is 2. The third-order valence-corrected chi connectivity index (χ3v) is 3.67. The molecule has 7 heteroatoms. The zero-order chi connectivity index (χ0) is 12.9. The van der Waals surface area contributed by atoms with E-state index in [1.165, 1.54) is 12.1 Å². The third kappa shape index (κ3) is 1.72. The monoisotopic (exact) mass is 285 g/mol. The molecule has 1 aromatic heterocycles. The van der Waals surface area contributed by atoms with E-state index >= 15 is 0 Å². The van der Waals surface area contributed by atoms with E-state index in [-0.39, 0.29) is 17.0 Å². The summed E-state index contributed by atoms with van der Waals surface area (Å²) in [5, 5.41) is 2.79. The van der Waals surface area contributed by atoms with Crippen molar-refractivity contribution < 1.29 is 9.18 Å². The summed E-state index contributed by atoms with van der Waals surface area (Å²) in [5.41, 5.74) is 1.30. The number of benzene rings is 1. The highest BCUT2D eigenvalue weighted by Crippen LogP contribution is 2.27. The van der Waals surface area contributed by atoms with Crippen molar-refractivity contribution in [3.8, 4) is 0 Å². The molecule has 18 heavy (non-hydrogen) atoms. The quantitative estimate of drug-likeness (QED) is 0.791. The molecule has 1 saturated heterocycles. The van der Waals surface area contributed by atoms with E-state index in [0.29, 0.717) is 28.8 Å². The second-order valence-corrected chi connectivity index (χ2v) is 5.04. The highest BCUT2D eigenvalue weighted by atomic mass is 35.5. The predicted octanol–water partition coefficient (Wildman–Crippen LogP) is 2.55. The Morgan fingerprint density at radius 3 is 2.94 bits per heavy atom. The van der Waals surface area contributed by atoms with Gasteiger partial charge < -0.3 is 14.9 Å². The van der Waals surface area contributed by atoms with Crippen molar-refractivity contribution in [1.29, 1.82) is 0 Å². The zero-order valence-electron chi connectivity index (χ0n) is 9.17. The van der Waals surface area contributed by atoms with Gasteiger partial charge in [-0.05, 0) is 18.3 Å². The van der Waals surface area contributed by atoms with Gasteiger partial charge in [0.15, 0.2) is 4.77 Å². The first kappa shape index (κ1) is 11.7. The molecule has 4 nitrogen and oxygen atoms in total. The molecule has 0 saturated carbocycles. The van der Waals surface area contributed by atoms with Crippen LogP contribution in [0.2, 0.25) is 5.02 Å². The lowest BCUT2D eigenvalue weighted by atomic mass is 10.2. The van der Waals surface area contributed by atoms with Crippen molar-refractivity contribution in [1.82, 2.24) is 14.9 Å². The van der Waals surface area contributed by atoms with Gasteiger partial charge >= 0.3 is 0 Å². The number of rotatable bonds is 1. The Kier molecular flexibility index (Phi) is 2.64. The molecule has 1 aliphatic heterocycles. The van der Waals surface area contributed by atoms with Gasteiger partial charge in [-0.3, -0.25) is 4.79 Å². The summed E-state index contributed by atoms with van der Waals surface area (Å²) in [6, 6.07) is 2.79. The van der Waals surface area contributed by atoms with Crippen LogP contribution in [0, 0.1) is 10.6 Å². The molecule has 1 atom stereocenters. The number of amides is 1. The molecule has 2 heterocycles. The Morgan fingerprint density at radius 1 is 1.50 bits per heavy atom. The Hall–Kier alpha value is -1.40. The number of carbonyl (C=O) groups is 1. The van der Waals surface area contributed by atoms with Gasteiger partial charge in [-0.1, -0.05) is 11.6 Å². The van der Waals surface area contributed by atoms with Crippen LogP contribution >= 0.6 is 23.8 Å². The van der Waals surface area contributed by atoms with Crippen molar-refractivity contribution in [2.75, 3.05) is 6.54 Å². The maximum absolute atomic E-state index is 13.4. The topological polar surface area (TPSA) is 49.8 Å². The fourth-order valence-corrected chi connectivity index (χ4v) is 2.77. The van der Waals surface area contributed by atoms with Gasteiger partial charge in [0.2, 0.25) is 5.91 Å². The molecule has 0 spiro atoms. The number of H-pyrrole nitrogens is 1. The van der Waals surface area contributed by atoms with E-state index in [2.05, 4.69) is 10.3 Å². The first-order valence-corrected chi connectivity index (χ1v) is 6.21. The van der Waals surface area contributed by atoms with E-state index in [9.17, 15) is 9.18 Å². The molecule has 2 aromatic rings. The second-order valence-electron chi connectivity index (χ2n) is 4.25. The molecule has 2 N–H and O–H groups in total. The molecule has 0 aliphatic carbocycles. The van der Waals surface area contributed by atoms with Gasteiger partial charge in [0.05, 0.1) is 22.1 Å². The van der Waals surface area contributed by atoms with Gasteiger partial charge in [0.1, 0.15) is 5.82 Å². The van der Waals surface area contributed by atoms with Crippen molar-refractivity contribution >= 4 is 40.8 Å². The van der Waals surface area contributed by atoms with Crippen LogP contribution in [-0.4, -0.2) is 22.0 Å². The first-order valence-electron chi connectivity index (χ1n) is 5.42. The van der Waals surface area contributed by atoms with E-state index in [1.807, 2.05) is 4.57 Å². The molecule has 0 radical (unpaired) electrons. The normalized spacial score (nSPS) is 19.4. The second kappa shape index (κ2) is 4.07. The van der Waals surface area contributed by atoms with Gasteiger partial charge in [-0.2, -0.15) is 0 Å². The number of fused-ring (bicyclic) bond motifs is 1. The summed E-state index contributed by atoms with van der Waals surface area (Å²) in [6.45, 7) is 0.523. The molecule has 1 fully saturated rings. The molecular weight excluding hydrogens is 277 g/mol. The Morgan fingerprint density at radius 2 is 2.28 bits per heavy atom. The van der Waals surface area contributed by atoms with Crippen molar-refractivity contribution in [3.05, 3.63) is 27.7 Å². The van der Waals surface area contributed by atoms with Crippen LogP contribution in [0.1, 0.15) is 12.5 Å². The van der Waals surface area contributed by atoms with Gasteiger partial charge in [0, 0.05) is 19.0 Å². The Bertz CT molecular complexity index is 708. The molecule has 94 valence electrons. The average molecular weight is 286 g/mol. The molecule has 1 amide bonds. The largest absolute Gasteiger partial charge is 0.354 e. The number of halogens is 2. The van der Waals surface area contributed by atoms with Gasteiger partial charge in [0.25, 0.3) is 0 Å². The standard InChI is InChI=1S/C11H9ClFN3OS/c12-6-2-9-8(3-7(6)13)15-11(18)16(9)5-1-10(17)14-4-5/h2-3,5H,1,4H2,(H,14,17)(H,15,18). The lowest BCUT2D eigenvalue weighted by molar-refractivity contribution is -0.119. The van der Waals surface area contributed by atoms with Crippen molar-refractivity contribution in [3.63, 3.8) is 0 Å². The SMILES string of the molecule is O=C1CC(n2c(=S)[nH]c3cc(F)c(Cl)cc32)CN1. The van der Waals surface area contributed by atoms with Crippen LogP contribution in [0.15, 0.2) is 12.1 Å². The van der Waals surface area contributed by atoms with Crippen LogP contribution in [0.3, 0.4) is 0 Å². The third-order valence-electron chi connectivity index (χ3n) is 3.08. The number of carbonyl (C=O) groups excluding carboxylic acids is 1. The summed E-state index contributed by atoms with van der Waals surface area (Å²) >= 11 is 11.0. The predicted molar refractivity (Wildman–Crippen MR) is 68.8 cm³/mol. The molecule has 1 unspecified atom stereocenters. The number of aromatic amines is 1. The van der Waals surface area contributed by atoms with Crippen molar-refractivity contribution in [2.24, 2.45) is 0 Å². The van der Waals surface area contributed by atoms with Gasteiger partial charge in [-0.15, -0.1) is 0 Å². The number of aromatic nitrogens is 2. The minimum Gasteiger partial charge on any atom is -0.354 e. The summed E-state index contributed by atoms with van der Waals surface area (Å²) in [7, 11) is 0. The molecule has 3 rings (SSSR count). The molecule has 1 aromatic carbocycles. The molecule has 0 bridgehead atoms. The van der Waals surface area contributed by atoms with E-state index in [4.69, 9.17) is 23.8 Å². The zero-order valence-corrected chi connectivity index (χ0v) is 10.7. The lowest BCUT2D eigenvalue weighted by Gasteiger charge is -2.10. The van der Waals surface area contributed by atoms with Crippen LogP contribution in [0.5, 0.6) is 0 Å². The lowest BCUT2D eigenvalue weighted by Crippen LogP contribution is -2.15. The Balaban J connectivity index is 2.22. The van der Waals surface area contributed by atoms with Crippen LogP contribution in [-0.2, 0) is 4.79 Å². The molecule has 1 aliphatic rings. The highest BCUT2D eigenvalue weighted by Gasteiger charge is 2.25. The van der Waals surface area contributed by atoms with E-state index in [0.717, 1.165) is 0 Å². The van der Waals surface area contributed by atoms with Crippen LogP contribution in [0.4, 0.5) is 4.39 Å². The highest BCUT2D eigenvalue weighted by molar-refractivity contribution is 7.71. The number of nitrogens with one attached hydrogen (secondary N) is 2. The van der Waals surface area contributed by atoms with E-state index in [1.54, 1.807) is 0 Å². The summed E-state index contributed by atoms with van der Waals surface area (Å²) in [5.74, 6) is -0.502. The number of nitrogens with zero attached hydrogens (tertiary/aromatic N) is 1. The minimum absolute atomic E-state index is 0.00976. The molecular formula is C11H9ClFN3OS. The minimum atomic E-state index is -0.492. The van der Waals surface area contributed by atoms with Crippen LogP contribution < -0.4 is 5.32 Å². The maximum Gasteiger partial charge on any atom is 0.222 e. The smallest absolute Gasteiger partial charge is 0.222 e. The maximum atomic E-state index is 13.4. The first-order chi connectivity index (χ1) is 8.56. The summed E-state index contributed by atoms with van der Waals surface area (Å²) in [4.78, 5) is 14.2.